The van der Waals surface area contributed by atoms with Gasteiger partial charge in [-0.25, -0.2) is 0 Å². The number of amides is 1. The van der Waals surface area contributed by atoms with Gasteiger partial charge in [0.25, 0.3) is 11.6 Å². The highest BCUT2D eigenvalue weighted by Crippen LogP contribution is 2.35. The molecule has 0 unspecified atom stereocenters. The molecule has 0 aliphatic rings. The fourth-order valence-corrected chi connectivity index (χ4v) is 2.44. The molecule has 0 bridgehead atoms. The molecule has 0 atom stereocenters. The van der Waals surface area contributed by atoms with E-state index in [1.54, 1.807) is 37.3 Å². The van der Waals surface area contributed by atoms with Gasteiger partial charge in [0, 0.05) is 28.5 Å². The van der Waals surface area contributed by atoms with Gasteiger partial charge in [-0.1, -0.05) is 24.3 Å². The molecule has 1 N–H and O–H groups in total. The van der Waals surface area contributed by atoms with Gasteiger partial charge in [0.2, 0.25) is 0 Å². The summed E-state index contributed by atoms with van der Waals surface area (Å²) in [5, 5.41) is 29.7. The number of fused-ring (bicyclic) bond motifs is 1. The Hall–Kier alpha value is -3.61. The standard InChI is InChI=1S/C18H13N3O4/c1-11-10-16(14-4-2-3-5-15(14)17(11)22)19-20-18(23)12-6-8-13(9-7-12)21(24)25/h2-10,22H,1H3. The van der Waals surface area contributed by atoms with E-state index in [0.717, 1.165) is 0 Å². The Morgan fingerprint density at radius 1 is 1.08 bits per heavy atom. The zero-order valence-electron chi connectivity index (χ0n) is 13.2. The molecule has 7 nitrogen and oxygen atoms in total. The van der Waals surface area contributed by atoms with Gasteiger partial charge in [-0.2, -0.15) is 0 Å². The number of phenolic OH excluding ortho intramolecular Hbond substituents is 1. The van der Waals surface area contributed by atoms with Crippen LogP contribution in [0, 0.1) is 17.0 Å². The monoisotopic (exact) mass is 335 g/mol. The van der Waals surface area contributed by atoms with Gasteiger partial charge in [-0.3, -0.25) is 14.9 Å². The smallest absolute Gasteiger partial charge is 0.295 e. The molecular weight excluding hydrogens is 322 g/mol. The van der Waals surface area contributed by atoms with E-state index >= 15 is 0 Å². The second kappa shape index (κ2) is 6.48. The molecule has 124 valence electrons. The third-order valence-corrected chi connectivity index (χ3v) is 3.76. The topological polar surface area (TPSA) is 105 Å². The Morgan fingerprint density at radius 3 is 2.36 bits per heavy atom. The number of phenols is 1. The number of nitro groups is 1. The van der Waals surface area contributed by atoms with Crippen LogP contribution < -0.4 is 0 Å². The third kappa shape index (κ3) is 3.20. The van der Waals surface area contributed by atoms with Crippen molar-refractivity contribution in [2.75, 3.05) is 0 Å². The van der Waals surface area contributed by atoms with Crippen molar-refractivity contribution in [1.29, 1.82) is 0 Å². The van der Waals surface area contributed by atoms with Crippen LogP contribution in [0.25, 0.3) is 10.8 Å². The van der Waals surface area contributed by atoms with Crippen molar-refractivity contribution in [2.24, 2.45) is 10.2 Å². The lowest BCUT2D eigenvalue weighted by Gasteiger charge is -2.06. The molecule has 0 fully saturated rings. The molecule has 7 heteroatoms. The molecular formula is C18H13N3O4. The first-order valence-corrected chi connectivity index (χ1v) is 7.39. The van der Waals surface area contributed by atoms with Crippen molar-refractivity contribution in [2.45, 2.75) is 6.92 Å². The van der Waals surface area contributed by atoms with Crippen LogP contribution in [0.1, 0.15) is 15.9 Å². The normalized spacial score (nSPS) is 11.1. The number of benzene rings is 3. The summed E-state index contributed by atoms with van der Waals surface area (Å²) in [7, 11) is 0. The van der Waals surface area contributed by atoms with Crippen LogP contribution >= 0.6 is 0 Å². The number of azo groups is 1. The number of rotatable bonds is 3. The summed E-state index contributed by atoms with van der Waals surface area (Å²) >= 11 is 0. The quantitative estimate of drug-likeness (QED) is 0.426. The molecule has 0 saturated carbocycles. The number of nitro benzene ring substituents is 1. The lowest BCUT2D eigenvalue weighted by atomic mass is 10.0. The Labute approximate surface area is 142 Å². The summed E-state index contributed by atoms with van der Waals surface area (Å²) in [5.41, 5.74) is 1.18. The summed E-state index contributed by atoms with van der Waals surface area (Å²) in [5.74, 6) is -0.444. The second-order valence-corrected chi connectivity index (χ2v) is 5.42. The summed E-state index contributed by atoms with van der Waals surface area (Å²) in [6, 6.07) is 13.9. The van der Waals surface area contributed by atoms with E-state index in [9.17, 15) is 20.0 Å². The first-order chi connectivity index (χ1) is 12.0. The van der Waals surface area contributed by atoms with Crippen LogP contribution in [0.15, 0.2) is 64.8 Å². The van der Waals surface area contributed by atoms with Crippen LogP contribution in [-0.2, 0) is 0 Å². The largest absolute Gasteiger partial charge is 0.507 e. The average molecular weight is 335 g/mol. The van der Waals surface area contributed by atoms with Crippen molar-refractivity contribution < 1.29 is 14.8 Å². The second-order valence-electron chi connectivity index (χ2n) is 5.42. The molecule has 1 amide bonds. The summed E-state index contributed by atoms with van der Waals surface area (Å²) in [6.45, 7) is 1.74. The zero-order chi connectivity index (χ0) is 18.0. The molecule has 0 heterocycles. The summed E-state index contributed by atoms with van der Waals surface area (Å²) in [6.07, 6.45) is 0. The highest BCUT2D eigenvalue weighted by Gasteiger charge is 2.11. The Bertz CT molecular complexity index is 1010. The van der Waals surface area contributed by atoms with E-state index in [4.69, 9.17) is 0 Å². The molecule has 3 aromatic carbocycles. The van der Waals surface area contributed by atoms with E-state index in [2.05, 4.69) is 10.2 Å². The van der Waals surface area contributed by atoms with Crippen molar-refractivity contribution in [3.63, 3.8) is 0 Å². The first kappa shape index (κ1) is 16.3. The van der Waals surface area contributed by atoms with Gasteiger partial charge in [0.15, 0.2) is 0 Å². The minimum Gasteiger partial charge on any atom is -0.507 e. The minimum atomic E-state index is -0.607. The number of aromatic hydroxyl groups is 1. The fourth-order valence-electron chi connectivity index (χ4n) is 2.44. The molecule has 25 heavy (non-hydrogen) atoms. The number of hydrogen-bond acceptors (Lipinski definition) is 5. The van der Waals surface area contributed by atoms with E-state index in [0.29, 0.717) is 22.0 Å². The molecule has 0 aliphatic heterocycles. The number of non-ortho nitro benzene ring substituents is 1. The van der Waals surface area contributed by atoms with Crippen LogP contribution in [0.3, 0.4) is 0 Å². The predicted octanol–water partition coefficient (Wildman–Crippen LogP) is 4.69. The third-order valence-electron chi connectivity index (χ3n) is 3.76. The molecule has 0 spiro atoms. The number of hydrogen-bond donors (Lipinski definition) is 1. The Kier molecular flexibility index (Phi) is 4.21. The summed E-state index contributed by atoms with van der Waals surface area (Å²) < 4.78 is 0. The van der Waals surface area contributed by atoms with Gasteiger partial charge in [0.1, 0.15) is 5.75 Å². The highest BCUT2D eigenvalue weighted by molar-refractivity contribution is 5.98. The maximum Gasteiger partial charge on any atom is 0.295 e. The Balaban J connectivity index is 1.94. The van der Waals surface area contributed by atoms with Gasteiger partial charge in [-0.05, 0) is 30.7 Å². The molecule has 3 aromatic rings. The minimum absolute atomic E-state index is 0.103. The fraction of sp³-hybridized carbons (Fsp3) is 0.0556. The number of aryl methyl sites for hydroxylation is 1. The molecule has 0 saturated heterocycles. The van der Waals surface area contributed by atoms with Gasteiger partial charge in [0.05, 0.1) is 10.6 Å². The van der Waals surface area contributed by atoms with Crippen molar-refractivity contribution >= 4 is 28.1 Å². The number of carbonyl (C=O) groups excluding carboxylic acids is 1. The number of nitrogens with zero attached hydrogens (tertiary/aromatic N) is 3. The average Bonchev–Trinajstić information content (AvgIpc) is 2.63. The van der Waals surface area contributed by atoms with Crippen LogP contribution in [0.2, 0.25) is 0 Å². The maximum atomic E-state index is 12.1. The van der Waals surface area contributed by atoms with Crippen molar-refractivity contribution in [1.82, 2.24) is 0 Å². The zero-order valence-corrected chi connectivity index (χ0v) is 13.2. The predicted molar refractivity (Wildman–Crippen MR) is 92.3 cm³/mol. The number of carbonyl (C=O) groups is 1. The molecule has 0 aromatic heterocycles. The van der Waals surface area contributed by atoms with Gasteiger partial charge < -0.3 is 5.11 Å². The van der Waals surface area contributed by atoms with E-state index in [1.807, 2.05) is 0 Å². The van der Waals surface area contributed by atoms with Gasteiger partial charge >= 0.3 is 0 Å². The highest BCUT2D eigenvalue weighted by atomic mass is 16.6. The molecule has 0 aliphatic carbocycles. The van der Waals surface area contributed by atoms with E-state index in [1.165, 1.54) is 24.3 Å². The first-order valence-electron chi connectivity index (χ1n) is 7.39. The van der Waals surface area contributed by atoms with Crippen LogP contribution in [0.5, 0.6) is 5.75 Å². The molecule has 3 rings (SSSR count). The maximum absolute atomic E-state index is 12.1. The summed E-state index contributed by atoms with van der Waals surface area (Å²) in [4.78, 5) is 22.2. The van der Waals surface area contributed by atoms with Crippen LogP contribution in [-0.4, -0.2) is 15.9 Å². The van der Waals surface area contributed by atoms with Crippen molar-refractivity contribution in [3.05, 3.63) is 75.8 Å². The Morgan fingerprint density at radius 2 is 1.72 bits per heavy atom. The SMILES string of the molecule is Cc1cc(N=NC(=O)c2ccc([N+](=O)[O-])cc2)c2ccccc2c1O. The lowest BCUT2D eigenvalue weighted by molar-refractivity contribution is -0.384. The molecule has 0 radical (unpaired) electrons. The van der Waals surface area contributed by atoms with Crippen molar-refractivity contribution in [3.8, 4) is 5.75 Å². The van der Waals surface area contributed by atoms with E-state index in [-0.39, 0.29) is 17.0 Å². The van der Waals surface area contributed by atoms with Gasteiger partial charge in [-0.15, -0.1) is 10.2 Å². The van der Waals surface area contributed by atoms with E-state index < -0.39 is 10.8 Å². The van der Waals surface area contributed by atoms with Crippen LogP contribution in [0.4, 0.5) is 11.4 Å². The lowest BCUT2D eigenvalue weighted by Crippen LogP contribution is -1.94.